The third kappa shape index (κ3) is 3.41. The minimum atomic E-state index is 0.128. The molecule has 3 aromatic heterocycles. The first kappa shape index (κ1) is 19.6. The van der Waals surface area contributed by atoms with Crippen LogP contribution in [0.4, 0.5) is 11.5 Å². The Morgan fingerprint density at radius 1 is 1.40 bits per heavy atom. The van der Waals surface area contributed by atoms with Crippen molar-refractivity contribution >= 4 is 45.9 Å². The van der Waals surface area contributed by atoms with E-state index in [-0.39, 0.29) is 6.04 Å². The fraction of sp³-hybridized carbons (Fsp3) is 0.350. The van der Waals surface area contributed by atoms with Gasteiger partial charge in [-0.05, 0) is 30.7 Å². The van der Waals surface area contributed by atoms with Gasteiger partial charge in [0, 0.05) is 48.5 Å². The maximum Gasteiger partial charge on any atom is 0.196 e. The molecule has 10 heteroatoms. The summed E-state index contributed by atoms with van der Waals surface area (Å²) in [6.45, 7) is 3.64. The molecule has 0 bridgehead atoms. The van der Waals surface area contributed by atoms with Crippen LogP contribution in [0.1, 0.15) is 24.7 Å². The predicted molar refractivity (Wildman–Crippen MR) is 119 cm³/mol. The van der Waals surface area contributed by atoms with Gasteiger partial charge in [0.15, 0.2) is 5.16 Å². The highest BCUT2D eigenvalue weighted by Crippen LogP contribution is 2.38. The van der Waals surface area contributed by atoms with E-state index >= 15 is 0 Å². The summed E-state index contributed by atoms with van der Waals surface area (Å²) in [5, 5.41) is 13.3. The number of anilines is 2. The van der Waals surface area contributed by atoms with Gasteiger partial charge in [-0.15, -0.1) is 0 Å². The van der Waals surface area contributed by atoms with Gasteiger partial charge in [0.2, 0.25) is 0 Å². The molecule has 30 heavy (non-hydrogen) atoms. The Morgan fingerprint density at radius 2 is 2.27 bits per heavy atom. The Hall–Kier alpha value is -2.33. The molecule has 1 fully saturated rings. The number of allylic oxidation sites excluding steroid dienone is 1. The topological polar surface area (TPSA) is 107 Å². The van der Waals surface area contributed by atoms with Crippen LogP contribution >= 0.6 is 23.4 Å². The fourth-order valence-electron chi connectivity index (χ4n) is 3.89. The summed E-state index contributed by atoms with van der Waals surface area (Å²) in [4.78, 5) is 20.4. The van der Waals surface area contributed by atoms with E-state index in [4.69, 9.17) is 27.3 Å². The lowest BCUT2D eigenvalue weighted by Crippen LogP contribution is -2.27. The third-order valence-corrected chi connectivity index (χ3v) is 6.68. The van der Waals surface area contributed by atoms with E-state index in [0.29, 0.717) is 22.3 Å². The number of H-pyrrole nitrogens is 1. The number of nitrogens with two attached hydrogens (primary N) is 1. The smallest absolute Gasteiger partial charge is 0.196 e. The second-order valence-corrected chi connectivity index (χ2v) is 8.91. The van der Waals surface area contributed by atoms with Gasteiger partial charge in [0.25, 0.3) is 0 Å². The summed E-state index contributed by atoms with van der Waals surface area (Å²) in [5.41, 5.74) is 9.32. The molecule has 0 aliphatic carbocycles. The van der Waals surface area contributed by atoms with Crippen LogP contribution in [0, 0.1) is 0 Å². The molecule has 5 heterocycles. The summed E-state index contributed by atoms with van der Waals surface area (Å²) < 4.78 is 0. The Bertz CT molecular complexity index is 1150. The monoisotopic (exact) mass is 443 g/mol. The molecular weight excluding hydrogens is 422 g/mol. The SMILES string of the molecule is CCc1[nH]c2nc(Sc3cnc4c(c3)N(O)C=CC4)nc(N3CC[C@@H](N)C3)c2c1Cl. The molecule has 4 N–H and O–H groups in total. The molecular formula is C20H22ClN7OS. The lowest BCUT2D eigenvalue weighted by molar-refractivity contribution is 0.292. The van der Waals surface area contributed by atoms with Crippen molar-refractivity contribution in [3.05, 3.63) is 40.9 Å². The Labute approximate surface area is 183 Å². The lowest BCUT2D eigenvalue weighted by Gasteiger charge is -2.20. The molecule has 8 nitrogen and oxygen atoms in total. The molecule has 3 aromatic rings. The van der Waals surface area contributed by atoms with Gasteiger partial charge in [0.05, 0.1) is 21.8 Å². The molecule has 0 aromatic carbocycles. The Kier molecular flexibility index (Phi) is 5.06. The van der Waals surface area contributed by atoms with Crippen molar-refractivity contribution in [2.75, 3.05) is 23.1 Å². The normalized spacial score (nSPS) is 18.5. The number of aromatic amines is 1. The molecule has 0 radical (unpaired) electrons. The van der Waals surface area contributed by atoms with Gasteiger partial charge in [-0.1, -0.05) is 24.6 Å². The van der Waals surface area contributed by atoms with Crippen LogP contribution in [0.2, 0.25) is 5.02 Å². The van der Waals surface area contributed by atoms with Crippen molar-refractivity contribution in [2.45, 2.75) is 42.3 Å². The highest BCUT2D eigenvalue weighted by atomic mass is 35.5. The minimum Gasteiger partial charge on any atom is -0.354 e. The summed E-state index contributed by atoms with van der Waals surface area (Å²) in [6.07, 6.45) is 7.68. The molecule has 1 atom stereocenters. The van der Waals surface area contributed by atoms with Gasteiger partial charge in [0.1, 0.15) is 11.5 Å². The van der Waals surface area contributed by atoms with Crippen LogP contribution in [0.3, 0.4) is 0 Å². The largest absolute Gasteiger partial charge is 0.354 e. The fourth-order valence-corrected chi connectivity index (χ4v) is 5.00. The summed E-state index contributed by atoms with van der Waals surface area (Å²) >= 11 is 8.07. The van der Waals surface area contributed by atoms with Crippen LogP contribution in [-0.4, -0.2) is 44.3 Å². The van der Waals surface area contributed by atoms with Gasteiger partial charge in [-0.2, -0.15) is 0 Å². The number of nitrogens with one attached hydrogen (secondary N) is 1. The number of fused-ring (bicyclic) bond motifs is 2. The van der Waals surface area contributed by atoms with Crippen molar-refractivity contribution in [1.82, 2.24) is 19.9 Å². The number of pyridine rings is 1. The van der Waals surface area contributed by atoms with Crippen molar-refractivity contribution in [2.24, 2.45) is 5.73 Å². The maximum absolute atomic E-state index is 10.1. The molecule has 156 valence electrons. The van der Waals surface area contributed by atoms with Gasteiger partial charge in [-0.25, -0.2) is 15.0 Å². The summed E-state index contributed by atoms with van der Waals surface area (Å²) in [5.74, 6) is 0.814. The van der Waals surface area contributed by atoms with Crippen LogP contribution in [0.15, 0.2) is 34.6 Å². The number of halogens is 1. The van der Waals surface area contributed by atoms with Crippen LogP contribution in [0.5, 0.6) is 0 Å². The van der Waals surface area contributed by atoms with Gasteiger partial charge in [-0.3, -0.25) is 10.2 Å². The first-order valence-corrected chi connectivity index (χ1v) is 11.1. The number of hydroxylamine groups is 1. The average molecular weight is 444 g/mol. The van der Waals surface area contributed by atoms with E-state index in [1.165, 1.54) is 11.8 Å². The molecule has 0 amide bonds. The average Bonchev–Trinajstić information content (AvgIpc) is 3.31. The van der Waals surface area contributed by atoms with E-state index in [1.807, 2.05) is 12.1 Å². The molecule has 0 spiro atoms. The van der Waals surface area contributed by atoms with Crippen molar-refractivity contribution in [3.8, 4) is 0 Å². The zero-order chi connectivity index (χ0) is 20.8. The van der Waals surface area contributed by atoms with E-state index in [9.17, 15) is 5.21 Å². The number of hydrogen-bond donors (Lipinski definition) is 3. The number of rotatable bonds is 4. The van der Waals surface area contributed by atoms with Crippen molar-refractivity contribution < 1.29 is 5.21 Å². The Morgan fingerprint density at radius 3 is 3.03 bits per heavy atom. The standard InChI is InChI=1S/C20H22ClN7OS/c1-2-13-17(21)16-18(24-13)25-20(26-19(16)27-7-5-11(22)10-27)30-12-8-15-14(23-9-12)4-3-6-28(15)29/h3,6,8-9,11,29H,2,4-5,7,10,22H2,1H3,(H,24,25,26)/t11-/m1/s1. The molecule has 2 aliphatic rings. The van der Waals surface area contributed by atoms with Crippen molar-refractivity contribution in [1.29, 1.82) is 0 Å². The summed E-state index contributed by atoms with van der Waals surface area (Å²) in [6, 6.07) is 2.03. The first-order chi connectivity index (χ1) is 14.5. The maximum atomic E-state index is 10.1. The van der Waals surface area contributed by atoms with E-state index in [2.05, 4.69) is 21.8 Å². The van der Waals surface area contributed by atoms with Crippen LogP contribution in [-0.2, 0) is 12.8 Å². The highest BCUT2D eigenvalue weighted by Gasteiger charge is 2.26. The van der Waals surface area contributed by atoms with E-state index in [1.54, 1.807) is 12.4 Å². The third-order valence-electron chi connectivity index (χ3n) is 5.44. The van der Waals surface area contributed by atoms with Crippen LogP contribution < -0.4 is 15.7 Å². The van der Waals surface area contributed by atoms with E-state index in [0.717, 1.165) is 64.1 Å². The second-order valence-electron chi connectivity index (χ2n) is 7.49. The number of hydrogen-bond acceptors (Lipinski definition) is 8. The van der Waals surface area contributed by atoms with Crippen LogP contribution in [0.25, 0.3) is 11.0 Å². The van der Waals surface area contributed by atoms with Gasteiger partial charge >= 0.3 is 0 Å². The van der Waals surface area contributed by atoms with Gasteiger partial charge < -0.3 is 15.6 Å². The number of aromatic nitrogens is 4. The van der Waals surface area contributed by atoms with Crippen molar-refractivity contribution in [3.63, 3.8) is 0 Å². The number of aryl methyl sites for hydroxylation is 1. The zero-order valence-corrected chi connectivity index (χ0v) is 18.0. The molecule has 2 aliphatic heterocycles. The highest BCUT2D eigenvalue weighted by molar-refractivity contribution is 7.99. The lowest BCUT2D eigenvalue weighted by atomic mass is 10.2. The second kappa shape index (κ2) is 7.73. The minimum absolute atomic E-state index is 0.128. The first-order valence-electron chi connectivity index (χ1n) is 9.93. The predicted octanol–water partition coefficient (Wildman–Crippen LogP) is 3.52. The number of nitrogens with zero attached hydrogens (tertiary/aromatic N) is 5. The molecule has 0 unspecified atom stereocenters. The Balaban J connectivity index is 1.56. The zero-order valence-electron chi connectivity index (χ0n) is 16.5. The molecule has 1 saturated heterocycles. The quantitative estimate of drug-likeness (QED) is 0.526. The summed E-state index contributed by atoms with van der Waals surface area (Å²) in [7, 11) is 0. The van der Waals surface area contributed by atoms with E-state index < -0.39 is 0 Å². The molecule has 0 saturated carbocycles. The molecule has 5 rings (SSSR count).